The van der Waals surface area contributed by atoms with Crippen LogP contribution in [0.2, 0.25) is 0 Å². The molecule has 1 amide bonds. The molecule has 0 bridgehead atoms. The number of hydrogen-bond donors (Lipinski definition) is 2. The number of nitrogens with zero attached hydrogens (tertiary/aromatic N) is 5. The van der Waals surface area contributed by atoms with Crippen LogP contribution in [0.3, 0.4) is 0 Å². The Kier molecular flexibility index (Phi) is 6.06. The molecule has 0 radical (unpaired) electrons. The van der Waals surface area contributed by atoms with Crippen molar-refractivity contribution in [3.8, 4) is 11.5 Å². The number of hydrazone groups is 1. The van der Waals surface area contributed by atoms with E-state index in [2.05, 4.69) is 26.1 Å². The van der Waals surface area contributed by atoms with Crippen molar-refractivity contribution in [3.63, 3.8) is 0 Å². The normalized spacial score (nSPS) is 10.8. The number of tetrazole rings is 1. The highest BCUT2D eigenvalue weighted by atomic mass is 16.5. The first kappa shape index (κ1) is 17.2. The Hall–Kier alpha value is -3.17. The average Bonchev–Trinajstić information content (AvgIpc) is 2.98. The fourth-order valence-electron chi connectivity index (χ4n) is 1.77. The number of nitrogens with two attached hydrogens (primary N) is 1. The molecule has 2 aromatic rings. The van der Waals surface area contributed by atoms with Crippen LogP contribution < -0.4 is 20.6 Å². The molecule has 128 valence electrons. The van der Waals surface area contributed by atoms with Gasteiger partial charge in [0.1, 0.15) is 6.54 Å². The number of nitrogens with one attached hydrogen (secondary N) is 1. The van der Waals surface area contributed by atoms with Crippen LogP contribution >= 0.6 is 0 Å². The highest BCUT2D eigenvalue weighted by Gasteiger charge is 2.07. The van der Waals surface area contributed by atoms with E-state index < -0.39 is 5.91 Å². The summed E-state index contributed by atoms with van der Waals surface area (Å²) in [7, 11) is 1.56. The number of nitrogen functional groups attached to an aromatic ring is 1. The molecule has 1 aromatic carbocycles. The molecule has 0 fully saturated rings. The molecule has 0 aliphatic rings. The van der Waals surface area contributed by atoms with E-state index in [1.54, 1.807) is 19.2 Å². The second-order valence-corrected chi connectivity index (χ2v) is 4.75. The first-order valence-electron chi connectivity index (χ1n) is 7.28. The number of aromatic nitrogens is 4. The van der Waals surface area contributed by atoms with Gasteiger partial charge >= 0.3 is 0 Å². The summed E-state index contributed by atoms with van der Waals surface area (Å²) >= 11 is 0. The van der Waals surface area contributed by atoms with Gasteiger partial charge in [0.05, 0.1) is 19.9 Å². The molecular formula is C14H19N7O3. The van der Waals surface area contributed by atoms with Crippen LogP contribution in [0.1, 0.15) is 18.9 Å². The number of hydrogen-bond acceptors (Lipinski definition) is 8. The van der Waals surface area contributed by atoms with Crippen molar-refractivity contribution in [2.75, 3.05) is 19.5 Å². The van der Waals surface area contributed by atoms with Gasteiger partial charge in [-0.1, -0.05) is 12.0 Å². The quantitative estimate of drug-likeness (QED) is 0.521. The molecule has 0 unspecified atom stereocenters. The molecule has 10 heteroatoms. The van der Waals surface area contributed by atoms with Crippen molar-refractivity contribution in [3.05, 3.63) is 23.8 Å². The van der Waals surface area contributed by atoms with Crippen LogP contribution in [0.5, 0.6) is 11.5 Å². The zero-order valence-corrected chi connectivity index (χ0v) is 13.5. The minimum absolute atomic E-state index is 0.0570. The van der Waals surface area contributed by atoms with Crippen molar-refractivity contribution in [1.82, 2.24) is 25.6 Å². The fraction of sp³-hybridized carbons (Fsp3) is 0.357. The smallest absolute Gasteiger partial charge is 0.261 e. The van der Waals surface area contributed by atoms with E-state index in [0.29, 0.717) is 18.1 Å². The van der Waals surface area contributed by atoms with Crippen LogP contribution in [0.4, 0.5) is 5.95 Å². The minimum Gasteiger partial charge on any atom is -0.493 e. The topological polar surface area (TPSA) is 130 Å². The molecule has 0 spiro atoms. The highest BCUT2D eigenvalue weighted by Crippen LogP contribution is 2.27. The van der Waals surface area contributed by atoms with E-state index in [-0.39, 0.29) is 12.5 Å². The molecule has 1 heterocycles. The largest absolute Gasteiger partial charge is 0.493 e. The van der Waals surface area contributed by atoms with E-state index in [4.69, 9.17) is 15.2 Å². The monoisotopic (exact) mass is 333 g/mol. The SMILES string of the molecule is CCCOc1ccc(C=NNC(=O)Cn2nnnc2N)cc1OC. The zero-order chi connectivity index (χ0) is 17.4. The summed E-state index contributed by atoms with van der Waals surface area (Å²) < 4.78 is 12.0. The Morgan fingerprint density at radius 3 is 2.96 bits per heavy atom. The van der Waals surface area contributed by atoms with Gasteiger partial charge in [0.25, 0.3) is 5.91 Å². The van der Waals surface area contributed by atoms with Gasteiger partial charge in [-0.3, -0.25) is 4.79 Å². The lowest BCUT2D eigenvalue weighted by molar-refractivity contribution is -0.121. The van der Waals surface area contributed by atoms with E-state index in [0.717, 1.165) is 16.7 Å². The molecule has 24 heavy (non-hydrogen) atoms. The second-order valence-electron chi connectivity index (χ2n) is 4.75. The van der Waals surface area contributed by atoms with Gasteiger partial charge in [-0.05, 0) is 40.6 Å². The summed E-state index contributed by atoms with van der Waals surface area (Å²) in [6.45, 7) is 2.52. The number of amides is 1. The summed E-state index contributed by atoms with van der Waals surface area (Å²) in [5.41, 5.74) is 8.59. The van der Waals surface area contributed by atoms with E-state index in [1.165, 1.54) is 6.21 Å². The summed E-state index contributed by atoms with van der Waals surface area (Å²) in [6, 6.07) is 5.36. The lowest BCUT2D eigenvalue weighted by Gasteiger charge is -2.10. The van der Waals surface area contributed by atoms with Crippen LogP contribution in [0.15, 0.2) is 23.3 Å². The molecule has 3 N–H and O–H groups in total. The molecule has 10 nitrogen and oxygen atoms in total. The number of anilines is 1. The van der Waals surface area contributed by atoms with Crippen LogP contribution in [0, 0.1) is 0 Å². The lowest BCUT2D eigenvalue weighted by Crippen LogP contribution is -2.24. The minimum atomic E-state index is -0.403. The van der Waals surface area contributed by atoms with E-state index >= 15 is 0 Å². The Labute approximate surface area is 138 Å². The molecule has 0 aliphatic carbocycles. The van der Waals surface area contributed by atoms with E-state index in [9.17, 15) is 4.79 Å². The van der Waals surface area contributed by atoms with Gasteiger partial charge in [-0.15, -0.1) is 0 Å². The first-order chi connectivity index (χ1) is 11.6. The summed E-state index contributed by atoms with van der Waals surface area (Å²) in [5, 5.41) is 14.3. The number of ether oxygens (including phenoxy) is 2. The standard InChI is InChI=1S/C14H19N7O3/c1-3-6-24-11-5-4-10(7-12(11)23-2)8-16-17-13(22)9-21-14(15)18-19-20-21/h4-5,7-8H,3,6,9H2,1-2H3,(H,17,22)(H2,15,18,20). The number of rotatable bonds is 8. The predicted octanol–water partition coefficient (Wildman–Crippen LogP) is 0.203. The molecule has 0 atom stereocenters. The van der Waals surface area contributed by atoms with Crippen LogP contribution in [-0.2, 0) is 11.3 Å². The number of methoxy groups -OCH3 is 1. The summed E-state index contributed by atoms with van der Waals surface area (Å²) in [4.78, 5) is 11.7. The van der Waals surface area contributed by atoms with Crippen molar-refractivity contribution in [2.45, 2.75) is 19.9 Å². The van der Waals surface area contributed by atoms with Gasteiger partial charge in [-0.2, -0.15) is 5.10 Å². The predicted molar refractivity (Wildman–Crippen MR) is 86.7 cm³/mol. The van der Waals surface area contributed by atoms with Crippen molar-refractivity contribution in [2.24, 2.45) is 5.10 Å². The van der Waals surface area contributed by atoms with Gasteiger partial charge in [0, 0.05) is 0 Å². The Morgan fingerprint density at radius 1 is 1.46 bits per heavy atom. The van der Waals surface area contributed by atoms with Crippen LogP contribution in [-0.4, -0.2) is 46.0 Å². The fourth-order valence-corrected chi connectivity index (χ4v) is 1.77. The molecular weight excluding hydrogens is 314 g/mol. The maximum Gasteiger partial charge on any atom is 0.261 e. The lowest BCUT2D eigenvalue weighted by atomic mass is 10.2. The Morgan fingerprint density at radius 2 is 2.29 bits per heavy atom. The molecule has 0 saturated carbocycles. The number of carbonyl (C=O) groups is 1. The van der Waals surface area contributed by atoms with Gasteiger partial charge < -0.3 is 15.2 Å². The first-order valence-corrected chi connectivity index (χ1v) is 7.28. The van der Waals surface area contributed by atoms with Gasteiger partial charge in [0.15, 0.2) is 11.5 Å². The third-order valence-electron chi connectivity index (χ3n) is 2.91. The molecule has 1 aromatic heterocycles. The maximum absolute atomic E-state index is 11.7. The third kappa shape index (κ3) is 4.66. The zero-order valence-electron chi connectivity index (χ0n) is 13.5. The van der Waals surface area contributed by atoms with Crippen molar-refractivity contribution >= 4 is 18.1 Å². The third-order valence-corrected chi connectivity index (χ3v) is 2.91. The Balaban J connectivity index is 1.93. The molecule has 0 aliphatic heterocycles. The van der Waals surface area contributed by atoms with E-state index in [1.807, 2.05) is 13.0 Å². The highest BCUT2D eigenvalue weighted by molar-refractivity contribution is 5.83. The summed E-state index contributed by atoms with van der Waals surface area (Å²) in [6.07, 6.45) is 2.40. The number of carbonyl (C=O) groups excluding carboxylic acids is 1. The van der Waals surface area contributed by atoms with Gasteiger partial charge in [-0.25, -0.2) is 10.1 Å². The van der Waals surface area contributed by atoms with Crippen molar-refractivity contribution in [1.29, 1.82) is 0 Å². The second kappa shape index (κ2) is 8.46. The maximum atomic E-state index is 11.7. The average molecular weight is 333 g/mol. The van der Waals surface area contributed by atoms with Crippen LogP contribution in [0.25, 0.3) is 0 Å². The Bertz CT molecular complexity index is 714. The van der Waals surface area contributed by atoms with Crippen molar-refractivity contribution < 1.29 is 14.3 Å². The summed E-state index contributed by atoms with van der Waals surface area (Å²) in [5.74, 6) is 0.913. The number of benzene rings is 1. The molecule has 2 rings (SSSR count). The molecule has 0 saturated heterocycles. The van der Waals surface area contributed by atoms with Gasteiger partial charge in [0.2, 0.25) is 5.95 Å².